The van der Waals surface area contributed by atoms with E-state index >= 15 is 0 Å². The van der Waals surface area contributed by atoms with Gasteiger partial charge >= 0.3 is 6.09 Å². The van der Waals surface area contributed by atoms with Gasteiger partial charge in [-0.2, -0.15) is 0 Å². The molecule has 3 amide bonds. The summed E-state index contributed by atoms with van der Waals surface area (Å²) in [4.78, 5) is 42.9. The van der Waals surface area contributed by atoms with Gasteiger partial charge < -0.3 is 25.0 Å². The van der Waals surface area contributed by atoms with Gasteiger partial charge in [0, 0.05) is 11.2 Å². The van der Waals surface area contributed by atoms with Crippen LogP contribution >= 0.6 is 0 Å². The number of rotatable bonds is 9. The van der Waals surface area contributed by atoms with E-state index in [0.717, 1.165) is 11.1 Å². The Morgan fingerprint density at radius 3 is 1.90 bits per heavy atom. The average Bonchev–Trinajstić information content (AvgIpc) is 2.79. The zero-order chi connectivity index (χ0) is 30.4. The largest absolute Gasteiger partial charge is 0.497 e. The van der Waals surface area contributed by atoms with Gasteiger partial charge in [-0.25, -0.2) is 4.79 Å². The first-order valence-corrected chi connectivity index (χ1v) is 13.8. The van der Waals surface area contributed by atoms with Crippen LogP contribution in [-0.4, -0.2) is 47.1 Å². The fraction of sp³-hybridized carbons (Fsp3) is 0.531. The third-order valence-electron chi connectivity index (χ3n) is 6.08. The number of methoxy groups -OCH3 is 1. The number of hydrogen-bond acceptors (Lipinski definition) is 5. The minimum absolute atomic E-state index is 0.0958. The maximum Gasteiger partial charge on any atom is 0.408 e. The van der Waals surface area contributed by atoms with Crippen molar-refractivity contribution in [1.29, 1.82) is 0 Å². The molecule has 0 aliphatic rings. The Kier molecular flexibility index (Phi) is 10.8. The van der Waals surface area contributed by atoms with Crippen molar-refractivity contribution in [2.45, 2.75) is 98.9 Å². The summed E-state index contributed by atoms with van der Waals surface area (Å²) < 4.78 is 10.7. The van der Waals surface area contributed by atoms with Crippen LogP contribution < -0.4 is 15.4 Å². The number of carbonyl (C=O) groups is 3. The van der Waals surface area contributed by atoms with Crippen LogP contribution in [0.2, 0.25) is 0 Å². The molecule has 0 spiro atoms. The first-order valence-electron chi connectivity index (χ1n) is 13.8. The van der Waals surface area contributed by atoms with Crippen molar-refractivity contribution in [3.63, 3.8) is 0 Å². The first kappa shape index (κ1) is 32.7. The van der Waals surface area contributed by atoms with E-state index in [9.17, 15) is 14.4 Å². The molecular formula is C32H47N3O5. The van der Waals surface area contributed by atoms with Crippen molar-refractivity contribution in [3.05, 3.63) is 59.2 Å². The van der Waals surface area contributed by atoms with Crippen LogP contribution in [0.25, 0.3) is 0 Å². The molecule has 2 rings (SSSR count). The van der Waals surface area contributed by atoms with Crippen molar-refractivity contribution in [3.8, 4) is 5.75 Å². The van der Waals surface area contributed by atoms with Gasteiger partial charge in [0.05, 0.1) is 7.11 Å². The number of nitrogens with one attached hydrogen (secondary N) is 2. The van der Waals surface area contributed by atoms with Crippen LogP contribution in [0.15, 0.2) is 42.5 Å². The maximum absolute atomic E-state index is 14.4. The van der Waals surface area contributed by atoms with Gasteiger partial charge in [0.25, 0.3) is 5.91 Å². The maximum atomic E-state index is 14.4. The van der Waals surface area contributed by atoms with Gasteiger partial charge in [-0.15, -0.1) is 0 Å². The van der Waals surface area contributed by atoms with Gasteiger partial charge in [0.1, 0.15) is 23.4 Å². The normalized spacial score (nSPS) is 13.3. The third-order valence-corrected chi connectivity index (χ3v) is 6.08. The summed E-state index contributed by atoms with van der Waals surface area (Å²) in [6.07, 6.45) is -0.296. The third kappa shape index (κ3) is 9.57. The van der Waals surface area contributed by atoms with Gasteiger partial charge in [-0.3, -0.25) is 9.59 Å². The predicted molar refractivity (Wildman–Crippen MR) is 159 cm³/mol. The molecule has 0 saturated carbocycles. The predicted octanol–water partition coefficient (Wildman–Crippen LogP) is 6.56. The molecule has 2 N–H and O–H groups in total. The highest BCUT2D eigenvalue weighted by Gasteiger charge is 2.42. The van der Waals surface area contributed by atoms with Crippen molar-refractivity contribution in [1.82, 2.24) is 10.2 Å². The van der Waals surface area contributed by atoms with E-state index in [1.807, 2.05) is 66.7 Å². The zero-order valence-corrected chi connectivity index (χ0v) is 26.0. The Hall–Kier alpha value is -3.55. The second-order valence-corrected chi connectivity index (χ2v) is 12.7. The number of benzene rings is 2. The molecule has 0 bridgehead atoms. The van der Waals surface area contributed by atoms with Crippen LogP contribution in [0.4, 0.5) is 10.5 Å². The van der Waals surface area contributed by atoms with E-state index in [1.165, 1.54) is 0 Å². The molecule has 2 atom stereocenters. The van der Waals surface area contributed by atoms with E-state index in [1.54, 1.807) is 57.0 Å². The number of ether oxygens (including phenoxy) is 2. The summed E-state index contributed by atoms with van der Waals surface area (Å²) in [7, 11) is 1.58. The Bertz CT molecular complexity index is 1160. The SMILES string of the molecule is COc1ccc(NC(=O)C(c2cc(C)cc(C)c2)N(C(=O)C(CC(C)C)NC(=O)OC(C)(C)C)C(C)(C)C)cc1. The molecule has 2 unspecified atom stereocenters. The van der Waals surface area contributed by atoms with Gasteiger partial charge in [-0.05, 0) is 97.6 Å². The van der Waals surface area contributed by atoms with E-state index in [4.69, 9.17) is 9.47 Å². The molecule has 0 aliphatic heterocycles. The fourth-order valence-electron chi connectivity index (χ4n) is 4.63. The molecule has 2 aromatic carbocycles. The highest BCUT2D eigenvalue weighted by Crippen LogP contribution is 2.33. The lowest BCUT2D eigenvalue weighted by Crippen LogP contribution is -2.58. The number of amides is 3. The standard InChI is InChI=1S/C32H47N3O5/c1-20(2)16-26(34-30(38)40-32(8,9)10)29(37)35(31(5,6)7)27(23-18-21(3)17-22(4)19-23)28(36)33-24-12-14-25(39-11)15-13-24/h12-15,17-20,26-27H,16H2,1-11H3,(H,33,36)(H,34,38). The molecule has 0 heterocycles. The zero-order valence-electron chi connectivity index (χ0n) is 26.0. The molecule has 0 fully saturated rings. The van der Waals surface area contributed by atoms with Crippen LogP contribution in [-0.2, 0) is 14.3 Å². The number of anilines is 1. The fourth-order valence-corrected chi connectivity index (χ4v) is 4.63. The minimum atomic E-state index is -0.969. The molecular weight excluding hydrogens is 506 g/mol. The Morgan fingerprint density at radius 1 is 0.900 bits per heavy atom. The van der Waals surface area contributed by atoms with Gasteiger partial charge in [0.2, 0.25) is 5.91 Å². The van der Waals surface area contributed by atoms with Gasteiger partial charge in [0.15, 0.2) is 0 Å². The number of nitrogens with zero attached hydrogens (tertiary/aromatic N) is 1. The monoisotopic (exact) mass is 553 g/mol. The topological polar surface area (TPSA) is 97.0 Å². The molecule has 40 heavy (non-hydrogen) atoms. The second kappa shape index (κ2) is 13.2. The highest BCUT2D eigenvalue weighted by molar-refractivity contribution is 5.99. The molecule has 0 radical (unpaired) electrons. The summed E-state index contributed by atoms with van der Waals surface area (Å²) in [5.41, 5.74) is 1.72. The molecule has 0 aliphatic carbocycles. The van der Waals surface area contributed by atoms with Crippen molar-refractivity contribution >= 4 is 23.6 Å². The smallest absolute Gasteiger partial charge is 0.408 e. The van der Waals surface area contributed by atoms with E-state index < -0.39 is 29.3 Å². The van der Waals surface area contributed by atoms with Gasteiger partial charge in [-0.1, -0.05) is 43.2 Å². The van der Waals surface area contributed by atoms with Crippen LogP contribution in [0.5, 0.6) is 5.75 Å². The van der Waals surface area contributed by atoms with Crippen molar-refractivity contribution in [2.75, 3.05) is 12.4 Å². The highest BCUT2D eigenvalue weighted by atomic mass is 16.6. The molecule has 8 nitrogen and oxygen atoms in total. The number of hydrogen-bond donors (Lipinski definition) is 2. The number of alkyl carbamates (subject to hydrolysis) is 1. The first-order chi connectivity index (χ1) is 18.4. The Labute approximate surface area is 239 Å². The molecule has 8 heteroatoms. The molecule has 0 aromatic heterocycles. The lowest BCUT2D eigenvalue weighted by atomic mass is 9.92. The minimum Gasteiger partial charge on any atom is -0.497 e. The van der Waals surface area contributed by atoms with Crippen LogP contribution in [0.3, 0.4) is 0 Å². The summed E-state index contributed by atoms with van der Waals surface area (Å²) in [5, 5.41) is 5.78. The average molecular weight is 554 g/mol. The number of carbonyl (C=O) groups excluding carboxylic acids is 3. The Morgan fingerprint density at radius 2 is 1.45 bits per heavy atom. The molecule has 2 aromatic rings. The van der Waals surface area contributed by atoms with E-state index in [-0.39, 0.29) is 17.7 Å². The summed E-state index contributed by atoms with van der Waals surface area (Å²) in [6, 6.07) is 11.0. The number of aryl methyl sites for hydroxylation is 2. The summed E-state index contributed by atoms with van der Waals surface area (Å²) in [5.74, 6) is 0.0405. The lowest BCUT2D eigenvalue weighted by Gasteiger charge is -2.43. The Balaban J connectivity index is 2.62. The lowest BCUT2D eigenvalue weighted by molar-refractivity contribution is -0.147. The van der Waals surface area contributed by atoms with Crippen molar-refractivity contribution < 1.29 is 23.9 Å². The quantitative estimate of drug-likeness (QED) is 0.367. The molecule has 220 valence electrons. The van der Waals surface area contributed by atoms with E-state index in [0.29, 0.717) is 23.4 Å². The van der Waals surface area contributed by atoms with Crippen LogP contribution in [0.1, 0.15) is 84.5 Å². The van der Waals surface area contributed by atoms with E-state index in [2.05, 4.69) is 10.6 Å². The molecule has 0 saturated heterocycles. The summed E-state index contributed by atoms with van der Waals surface area (Å²) in [6.45, 7) is 18.9. The van der Waals surface area contributed by atoms with Crippen molar-refractivity contribution in [2.24, 2.45) is 5.92 Å². The second-order valence-electron chi connectivity index (χ2n) is 12.7. The van der Waals surface area contributed by atoms with Crippen LogP contribution in [0, 0.1) is 19.8 Å². The summed E-state index contributed by atoms with van der Waals surface area (Å²) >= 11 is 0.